The van der Waals surface area contributed by atoms with Crippen LogP contribution in [0.3, 0.4) is 0 Å². The third-order valence-electron chi connectivity index (χ3n) is 1.99. The Morgan fingerprint density at radius 2 is 2.00 bits per heavy atom. The molecule has 0 bridgehead atoms. The lowest BCUT2D eigenvalue weighted by molar-refractivity contribution is 0.0350. The van der Waals surface area contributed by atoms with Crippen LogP contribution >= 0.6 is 0 Å². The van der Waals surface area contributed by atoms with E-state index in [1.165, 1.54) is 0 Å². The Labute approximate surface area is 94.2 Å². The molecule has 0 saturated carbocycles. The van der Waals surface area contributed by atoms with Gasteiger partial charge in [-0.05, 0) is 11.8 Å². The molecule has 1 atom stereocenters. The van der Waals surface area contributed by atoms with Gasteiger partial charge in [0.05, 0.1) is 12.7 Å². The van der Waals surface area contributed by atoms with Gasteiger partial charge in [-0.25, -0.2) is 0 Å². The fraction of sp³-hybridized carbons (Fsp3) is 1.00. The molecule has 3 nitrogen and oxygen atoms in total. The van der Waals surface area contributed by atoms with Gasteiger partial charge in [0.25, 0.3) is 0 Å². The average Bonchev–Trinajstić information content (AvgIpc) is 2.10. The Kier molecular flexibility index (Phi) is 8.02. The van der Waals surface area contributed by atoms with Crippen LogP contribution in [0, 0.1) is 5.41 Å². The van der Waals surface area contributed by atoms with E-state index in [1.54, 1.807) is 0 Å². The van der Waals surface area contributed by atoms with Crippen LogP contribution in [0.4, 0.5) is 0 Å². The Hall–Kier alpha value is -0.120. The molecule has 0 radical (unpaired) electrons. The molecule has 0 spiro atoms. The Balaban J connectivity index is 3.29. The van der Waals surface area contributed by atoms with Crippen LogP contribution in [-0.4, -0.2) is 37.5 Å². The first-order valence-corrected chi connectivity index (χ1v) is 5.92. The normalized spacial score (nSPS) is 14.2. The SMILES string of the molecule is CCCCOCC(O)CNCC(C)(C)C. The van der Waals surface area contributed by atoms with Gasteiger partial charge in [-0.1, -0.05) is 34.1 Å². The lowest BCUT2D eigenvalue weighted by Crippen LogP contribution is -2.35. The lowest BCUT2D eigenvalue weighted by atomic mass is 9.97. The molecule has 0 aromatic heterocycles. The summed E-state index contributed by atoms with van der Waals surface area (Å²) < 4.78 is 5.33. The zero-order chi connectivity index (χ0) is 11.7. The highest BCUT2D eigenvalue weighted by atomic mass is 16.5. The van der Waals surface area contributed by atoms with E-state index in [9.17, 15) is 5.11 Å². The maximum atomic E-state index is 9.56. The second-order valence-electron chi connectivity index (χ2n) is 5.27. The first kappa shape index (κ1) is 14.9. The van der Waals surface area contributed by atoms with Gasteiger partial charge in [-0.3, -0.25) is 0 Å². The minimum atomic E-state index is -0.385. The van der Waals surface area contributed by atoms with Crippen molar-refractivity contribution in [2.24, 2.45) is 5.41 Å². The van der Waals surface area contributed by atoms with Crippen LogP contribution in [0.15, 0.2) is 0 Å². The summed E-state index contributed by atoms with van der Waals surface area (Å²) in [7, 11) is 0. The fourth-order valence-electron chi connectivity index (χ4n) is 1.14. The zero-order valence-corrected chi connectivity index (χ0v) is 10.7. The van der Waals surface area contributed by atoms with Gasteiger partial charge in [-0.2, -0.15) is 0 Å². The van der Waals surface area contributed by atoms with Crippen molar-refractivity contribution in [2.75, 3.05) is 26.3 Å². The number of hydrogen-bond donors (Lipinski definition) is 2. The molecule has 0 aliphatic carbocycles. The predicted octanol–water partition coefficient (Wildman–Crippen LogP) is 1.80. The highest BCUT2D eigenvalue weighted by Crippen LogP contribution is 2.09. The van der Waals surface area contributed by atoms with Crippen LogP contribution in [0.25, 0.3) is 0 Å². The van der Waals surface area contributed by atoms with Gasteiger partial charge >= 0.3 is 0 Å². The quantitative estimate of drug-likeness (QED) is 0.609. The van der Waals surface area contributed by atoms with Crippen LogP contribution in [0.1, 0.15) is 40.5 Å². The molecule has 0 heterocycles. The minimum absolute atomic E-state index is 0.267. The minimum Gasteiger partial charge on any atom is -0.389 e. The molecule has 0 rings (SSSR count). The Bertz CT molecular complexity index is 143. The Morgan fingerprint density at radius 1 is 1.33 bits per heavy atom. The number of aliphatic hydroxyl groups excluding tert-OH is 1. The van der Waals surface area contributed by atoms with Crippen molar-refractivity contribution in [3.8, 4) is 0 Å². The summed E-state index contributed by atoms with van der Waals surface area (Å²) in [6.07, 6.45) is 1.82. The van der Waals surface area contributed by atoms with Crippen molar-refractivity contribution < 1.29 is 9.84 Å². The van der Waals surface area contributed by atoms with E-state index in [-0.39, 0.29) is 11.5 Å². The highest BCUT2D eigenvalue weighted by molar-refractivity contribution is 4.67. The highest BCUT2D eigenvalue weighted by Gasteiger charge is 2.10. The maximum absolute atomic E-state index is 9.56. The first-order chi connectivity index (χ1) is 6.95. The van der Waals surface area contributed by atoms with Crippen LogP contribution < -0.4 is 5.32 Å². The molecule has 0 aliphatic heterocycles. The molecule has 0 aliphatic rings. The maximum Gasteiger partial charge on any atom is 0.0897 e. The van der Waals surface area contributed by atoms with Crippen molar-refractivity contribution >= 4 is 0 Å². The average molecular weight is 217 g/mol. The van der Waals surface area contributed by atoms with Crippen LogP contribution in [0.5, 0.6) is 0 Å². The van der Waals surface area contributed by atoms with E-state index in [0.717, 1.165) is 26.0 Å². The summed E-state index contributed by atoms with van der Waals surface area (Å²) in [6, 6.07) is 0. The number of nitrogens with one attached hydrogen (secondary N) is 1. The van der Waals surface area contributed by atoms with Gasteiger partial charge in [-0.15, -0.1) is 0 Å². The van der Waals surface area contributed by atoms with Gasteiger partial charge in [0, 0.05) is 19.7 Å². The smallest absolute Gasteiger partial charge is 0.0897 e. The number of aliphatic hydroxyl groups is 1. The topological polar surface area (TPSA) is 41.5 Å². The summed E-state index contributed by atoms with van der Waals surface area (Å²) in [5.41, 5.74) is 0.267. The van der Waals surface area contributed by atoms with Gasteiger partial charge in [0.2, 0.25) is 0 Å². The van der Waals surface area contributed by atoms with Crippen molar-refractivity contribution in [1.82, 2.24) is 5.32 Å². The monoisotopic (exact) mass is 217 g/mol. The van der Waals surface area contributed by atoms with E-state index < -0.39 is 0 Å². The summed E-state index contributed by atoms with van der Waals surface area (Å²) in [4.78, 5) is 0. The van der Waals surface area contributed by atoms with Crippen LogP contribution in [-0.2, 0) is 4.74 Å². The number of hydrogen-bond acceptors (Lipinski definition) is 3. The molecular weight excluding hydrogens is 190 g/mol. The largest absolute Gasteiger partial charge is 0.389 e. The molecule has 2 N–H and O–H groups in total. The van der Waals surface area contributed by atoms with Gasteiger partial charge in [0.15, 0.2) is 0 Å². The van der Waals surface area contributed by atoms with E-state index in [0.29, 0.717) is 13.2 Å². The molecule has 1 unspecified atom stereocenters. The number of unbranched alkanes of at least 4 members (excludes halogenated alkanes) is 1. The zero-order valence-electron chi connectivity index (χ0n) is 10.7. The van der Waals surface area contributed by atoms with Gasteiger partial charge < -0.3 is 15.2 Å². The molecule has 0 aromatic rings. The lowest BCUT2D eigenvalue weighted by Gasteiger charge is -2.20. The fourth-order valence-corrected chi connectivity index (χ4v) is 1.14. The molecule has 0 saturated heterocycles. The molecule has 0 fully saturated rings. The molecule has 3 heteroatoms. The van der Waals surface area contributed by atoms with E-state index in [1.807, 2.05) is 0 Å². The van der Waals surface area contributed by atoms with Crippen molar-refractivity contribution in [3.05, 3.63) is 0 Å². The van der Waals surface area contributed by atoms with Crippen molar-refractivity contribution in [1.29, 1.82) is 0 Å². The molecule has 0 amide bonds. The van der Waals surface area contributed by atoms with E-state index >= 15 is 0 Å². The second-order valence-corrected chi connectivity index (χ2v) is 5.27. The number of rotatable bonds is 8. The molecular formula is C12H27NO2. The van der Waals surface area contributed by atoms with Crippen molar-refractivity contribution in [3.63, 3.8) is 0 Å². The standard InChI is InChI=1S/C12H27NO2/c1-5-6-7-15-9-11(14)8-13-10-12(2,3)4/h11,13-14H,5-10H2,1-4H3. The molecule has 0 aromatic carbocycles. The number of ether oxygens (including phenoxy) is 1. The summed E-state index contributed by atoms with van der Waals surface area (Å²) >= 11 is 0. The van der Waals surface area contributed by atoms with Crippen molar-refractivity contribution in [2.45, 2.75) is 46.6 Å². The first-order valence-electron chi connectivity index (χ1n) is 5.92. The third kappa shape index (κ3) is 11.8. The third-order valence-corrected chi connectivity index (χ3v) is 1.99. The molecule has 15 heavy (non-hydrogen) atoms. The Morgan fingerprint density at radius 3 is 2.53 bits per heavy atom. The van der Waals surface area contributed by atoms with Crippen LogP contribution in [0.2, 0.25) is 0 Å². The summed E-state index contributed by atoms with van der Waals surface area (Å²) in [5.74, 6) is 0. The van der Waals surface area contributed by atoms with E-state index in [2.05, 4.69) is 33.0 Å². The van der Waals surface area contributed by atoms with Gasteiger partial charge in [0.1, 0.15) is 0 Å². The summed E-state index contributed by atoms with van der Waals surface area (Å²) in [6.45, 7) is 11.4. The molecule has 92 valence electrons. The second kappa shape index (κ2) is 8.08. The summed E-state index contributed by atoms with van der Waals surface area (Å²) in [5, 5.41) is 12.8. The predicted molar refractivity (Wildman–Crippen MR) is 64.1 cm³/mol. The van der Waals surface area contributed by atoms with E-state index in [4.69, 9.17) is 4.74 Å².